The van der Waals surface area contributed by atoms with Crippen molar-refractivity contribution in [2.45, 2.75) is 44.8 Å². The van der Waals surface area contributed by atoms with Gasteiger partial charge in [0.15, 0.2) is 0 Å². The Kier molecular flexibility index (Phi) is 2.66. The van der Waals surface area contributed by atoms with Crippen molar-refractivity contribution < 1.29 is 4.74 Å². The minimum absolute atomic E-state index is 0.434. The van der Waals surface area contributed by atoms with E-state index in [1.54, 1.807) is 0 Å². The lowest BCUT2D eigenvalue weighted by Crippen LogP contribution is -2.35. The Balaban J connectivity index is 1.58. The van der Waals surface area contributed by atoms with Crippen LogP contribution in [0.1, 0.15) is 32.6 Å². The van der Waals surface area contributed by atoms with Crippen LogP contribution in [0.3, 0.4) is 0 Å². The maximum atomic E-state index is 5.48. The van der Waals surface area contributed by atoms with Crippen LogP contribution < -0.4 is 5.32 Å². The van der Waals surface area contributed by atoms with E-state index in [1.807, 2.05) is 0 Å². The molecule has 2 unspecified atom stereocenters. The van der Waals surface area contributed by atoms with Crippen molar-refractivity contribution in [3.63, 3.8) is 0 Å². The monoisotopic (exact) mass is 169 g/mol. The van der Waals surface area contributed by atoms with Crippen LogP contribution in [0.15, 0.2) is 0 Å². The molecule has 1 N–H and O–H groups in total. The van der Waals surface area contributed by atoms with Crippen molar-refractivity contribution in [1.29, 1.82) is 0 Å². The van der Waals surface area contributed by atoms with Gasteiger partial charge in [-0.3, -0.25) is 0 Å². The summed E-state index contributed by atoms with van der Waals surface area (Å²) < 4.78 is 5.48. The van der Waals surface area contributed by atoms with Crippen LogP contribution in [0.2, 0.25) is 0 Å². The zero-order valence-electron chi connectivity index (χ0n) is 7.88. The van der Waals surface area contributed by atoms with E-state index in [9.17, 15) is 0 Å². The molecule has 2 nitrogen and oxygen atoms in total. The fraction of sp³-hybridized carbons (Fsp3) is 1.00. The Morgan fingerprint density at radius 3 is 2.75 bits per heavy atom. The average molecular weight is 169 g/mol. The lowest BCUT2D eigenvalue weighted by atomic mass is 10.1. The first kappa shape index (κ1) is 8.52. The molecule has 1 saturated heterocycles. The number of hydrogen-bond acceptors (Lipinski definition) is 2. The first-order valence-corrected chi connectivity index (χ1v) is 5.21. The summed E-state index contributed by atoms with van der Waals surface area (Å²) in [7, 11) is 0. The molecule has 2 heteroatoms. The van der Waals surface area contributed by atoms with Crippen molar-refractivity contribution in [3.05, 3.63) is 0 Å². The summed E-state index contributed by atoms with van der Waals surface area (Å²) >= 11 is 0. The van der Waals surface area contributed by atoms with Gasteiger partial charge in [-0.2, -0.15) is 0 Å². The minimum Gasteiger partial charge on any atom is -0.377 e. The second kappa shape index (κ2) is 3.75. The molecule has 1 aliphatic carbocycles. The molecule has 0 radical (unpaired) electrons. The van der Waals surface area contributed by atoms with Crippen LogP contribution in [0.4, 0.5) is 0 Å². The standard InChI is InChI=1S/C10H19NO/c1-8-10(5-7-12-8)11-6-4-9-2-3-9/h8-11H,2-7H2,1H3. The SMILES string of the molecule is CC1OCCC1NCCC1CC1. The van der Waals surface area contributed by atoms with E-state index in [0.717, 1.165) is 12.5 Å². The summed E-state index contributed by atoms with van der Waals surface area (Å²) in [6, 6.07) is 0.628. The van der Waals surface area contributed by atoms with Gasteiger partial charge in [-0.1, -0.05) is 12.8 Å². The van der Waals surface area contributed by atoms with Gasteiger partial charge >= 0.3 is 0 Å². The summed E-state index contributed by atoms with van der Waals surface area (Å²) in [5.74, 6) is 1.05. The zero-order chi connectivity index (χ0) is 8.39. The first-order valence-electron chi connectivity index (χ1n) is 5.21. The summed E-state index contributed by atoms with van der Waals surface area (Å²) in [5.41, 5.74) is 0. The number of hydrogen-bond donors (Lipinski definition) is 1. The van der Waals surface area contributed by atoms with Gasteiger partial charge in [-0.15, -0.1) is 0 Å². The Morgan fingerprint density at radius 2 is 2.17 bits per heavy atom. The van der Waals surface area contributed by atoms with E-state index in [0.29, 0.717) is 12.1 Å². The molecule has 0 aromatic rings. The van der Waals surface area contributed by atoms with Crippen LogP contribution >= 0.6 is 0 Å². The molecule has 12 heavy (non-hydrogen) atoms. The smallest absolute Gasteiger partial charge is 0.0700 e. The second-order valence-corrected chi connectivity index (χ2v) is 4.16. The van der Waals surface area contributed by atoms with Crippen LogP contribution in [0.5, 0.6) is 0 Å². The second-order valence-electron chi connectivity index (χ2n) is 4.16. The van der Waals surface area contributed by atoms with E-state index in [1.165, 1.54) is 32.2 Å². The van der Waals surface area contributed by atoms with E-state index in [-0.39, 0.29) is 0 Å². The van der Waals surface area contributed by atoms with Gasteiger partial charge in [0.2, 0.25) is 0 Å². The van der Waals surface area contributed by atoms with Gasteiger partial charge in [0, 0.05) is 12.6 Å². The number of ether oxygens (including phenoxy) is 1. The van der Waals surface area contributed by atoms with E-state index in [2.05, 4.69) is 12.2 Å². The molecule has 2 aliphatic rings. The highest BCUT2D eigenvalue weighted by atomic mass is 16.5. The fourth-order valence-corrected chi connectivity index (χ4v) is 1.88. The summed E-state index contributed by atoms with van der Waals surface area (Å²) in [6.07, 6.45) is 5.95. The first-order chi connectivity index (χ1) is 5.86. The van der Waals surface area contributed by atoms with Gasteiger partial charge in [-0.25, -0.2) is 0 Å². The highest BCUT2D eigenvalue weighted by molar-refractivity contribution is 4.80. The van der Waals surface area contributed by atoms with Crippen molar-refractivity contribution in [2.24, 2.45) is 5.92 Å². The van der Waals surface area contributed by atoms with E-state index < -0.39 is 0 Å². The quantitative estimate of drug-likeness (QED) is 0.689. The third kappa shape index (κ3) is 2.20. The van der Waals surface area contributed by atoms with Crippen LogP contribution in [0, 0.1) is 5.92 Å². The maximum absolute atomic E-state index is 5.48. The van der Waals surface area contributed by atoms with Crippen molar-refractivity contribution in [3.8, 4) is 0 Å². The third-order valence-corrected chi connectivity index (χ3v) is 3.03. The van der Waals surface area contributed by atoms with E-state index >= 15 is 0 Å². The predicted molar refractivity (Wildman–Crippen MR) is 49.2 cm³/mol. The normalized spacial score (nSPS) is 35.8. The molecular formula is C10H19NO. The molecule has 2 fully saturated rings. The fourth-order valence-electron chi connectivity index (χ4n) is 1.88. The Morgan fingerprint density at radius 1 is 1.33 bits per heavy atom. The van der Waals surface area contributed by atoms with Crippen molar-refractivity contribution in [1.82, 2.24) is 5.32 Å². The predicted octanol–water partition coefficient (Wildman–Crippen LogP) is 1.55. The maximum Gasteiger partial charge on any atom is 0.0700 e. The molecule has 1 aliphatic heterocycles. The van der Waals surface area contributed by atoms with Crippen molar-refractivity contribution in [2.75, 3.05) is 13.2 Å². The largest absolute Gasteiger partial charge is 0.377 e. The van der Waals surface area contributed by atoms with Gasteiger partial charge in [0.1, 0.15) is 0 Å². The van der Waals surface area contributed by atoms with Crippen LogP contribution in [-0.2, 0) is 4.74 Å². The minimum atomic E-state index is 0.434. The van der Waals surface area contributed by atoms with Crippen LogP contribution in [-0.4, -0.2) is 25.3 Å². The Bertz CT molecular complexity index is 145. The zero-order valence-corrected chi connectivity index (χ0v) is 7.88. The van der Waals surface area contributed by atoms with Gasteiger partial charge < -0.3 is 10.1 Å². The lowest BCUT2D eigenvalue weighted by Gasteiger charge is -2.15. The Hall–Kier alpha value is -0.0800. The molecule has 2 atom stereocenters. The molecule has 0 aromatic carbocycles. The van der Waals surface area contributed by atoms with E-state index in [4.69, 9.17) is 4.74 Å². The molecule has 2 rings (SSSR count). The summed E-state index contributed by atoms with van der Waals surface area (Å²) in [6.45, 7) is 4.31. The topological polar surface area (TPSA) is 21.3 Å². The molecule has 0 aromatic heterocycles. The van der Waals surface area contributed by atoms with Gasteiger partial charge in [0.05, 0.1) is 6.10 Å². The van der Waals surface area contributed by atoms with Gasteiger partial charge in [0.25, 0.3) is 0 Å². The molecule has 0 spiro atoms. The van der Waals surface area contributed by atoms with Crippen molar-refractivity contribution >= 4 is 0 Å². The molecule has 1 saturated carbocycles. The highest BCUT2D eigenvalue weighted by Gasteiger charge is 2.25. The van der Waals surface area contributed by atoms with Crippen LogP contribution in [0.25, 0.3) is 0 Å². The average Bonchev–Trinajstić information content (AvgIpc) is 2.78. The number of nitrogens with one attached hydrogen (secondary N) is 1. The molecule has 0 bridgehead atoms. The lowest BCUT2D eigenvalue weighted by molar-refractivity contribution is 0.113. The van der Waals surface area contributed by atoms with Gasteiger partial charge in [-0.05, 0) is 32.2 Å². The summed E-state index contributed by atoms with van der Waals surface area (Å²) in [4.78, 5) is 0. The molecule has 1 heterocycles. The highest BCUT2D eigenvalue weighted by Crippen LogP contribution is 2.31. The number of rotatable bonds is 4. The molecular weight excluding hydrogens is 150 g/mol. The third-order valence-electron chi connectivity index (χ3n) is 3.03. The Labute approximate surface area is 74.7 Å². The molecule has 70 valence electrons. The molecule has 0 amide bonds. The summed E-state index contributed by atoms with van der Waals surface area (Å²) in [5, 5.41) is 3.58.